The molecule has 0 amide bonds. The minimum Gasteiger partial charge on any atom is -0.383 e. The number of nitrogens with zero attached hydrogens (tertiary/aromatic N) is 6. The van der Waals surface area contributed by atoms with E-state index in [4.69, 9.17) is 39.0 Å². The molecule has 2 aliphatic rings. The maximum absolute atomic E-state index is 13.5. The quantitative estimate of drug-likeness (QED) is 0.291. The summed E-state index contributed by atoms with van der Waals surface area (Å²) < 4.78 is 63.9. The predicted octanol–water partition coefficient (Wildman–Crippen LogP) is 2.31. The van der Waals surface area contributed by atoms with Gasteiger partial charge in [-0.2, -0.15) is 4.98 Å². The molecule has 3 aromatic rings. The minimum absolute atomic E-state index is 0.0998. The molecule has 4 unspecified atom stereocenters. The topological polar surface area (TPSA) is 220 Å². The molecule has 0 spiro atoms. The fourth-order valence-electron chi connectivity index (χ4n) is 4.98. The lowest BCUT2D eigenvalue weighted by molar-refractivity contribution is -0.0417. The zero-order chi connectivity index (χ0) is 30.2. The molecule has 0 aliphatic carbocycles. The summed E-state index contributed by atoms with van der Waals surface area (Å²) in [4.78, 5) is 28.5. The third-order valence-corrected chi connectivity index (χ3v) is 9.67. The summed E-state index contributed by atoms with van der Waals surface area (Å²) in [5.41, 5.74) is 11.8. The van der Waals surface area contributed by atoms with Gasteiger partial charge in [0.05, 0.1) is 31.2 Å². The highest BCUT2D eigenvalue weighted by Gasteiger charge is 2.44. The van der Waals surface area contributed by atoms with E-state index in [9.17, 15) is 13.9 Å². The highest BCUT2D eigenvalue weighted by Crippen LogP contribution is 2.52. The van der Waals surface area contributed by atoms with Crippen LogP contribution in [0.5, 0.6) is 0 Å². The average molecular weight is 629 g/mol. The molecule has 5 rings (SSSR count). The number of aromatic nitrogens is 6. The molecular formula is C23H34N8O9P2. The molecule has 230 valence electrons. The van der Waals surface area contributed by atoms with E-state index in [1.54, 1.807) is 4.57 Å². The van der Waals surface area contributed by atoms with Crippen LogP contribution in [0.1, 0.15) is 38.6 Å². The van der Waals surface area contributed by atoms with Gasteiger partial charge in [0.25, 0.3) is 0 Å². The number of rotatable bonds is 11. The van der Waals surface area contributed by atoms with E-state index in [1.165, 1.54) is 49.9 Å². The Kier molecular flexibility index (Phi) is 8.84. The maximum atomic E-state index is 13.5. The van der Waals surface area contributed by atoms with Gasteiger partial charge in [0.2, 0.25) is 0 Å². The average Bonchev–Trinajstić information content (AvgIpc) is 3.64. The molecule has 19 heteroatoms. The monoisotopic (exact) mass is 628 g/mol. The van der Waals surface area contributed by atoms with E-state index >= 15 is 0 Å². The van der Waals surface area contributed by atoms with Crippen molar-refractivity contribution in [2.75, 3.05) is 38.5 Å². The van der Waals surface area contributed by atoms with E-state index < -0.39 is 57.8 Å². The van der Waals surface area contributed by atoms with Crippen LogP contribution in [-0.4, -0.2) is 80.5 Å². The Bertz CT molecular complexity index is 1580. The predicted molar refractivity (Wildman–Crippen MR) is 150 cm³/mol. The summed E-state index contributed by atoms with van der Waals surface area (Å²) in [6, 6.07) is 1.49. The second-order valence-corrected chi connectivity index (χ2v) is 14.2. The number of hydrogen-bond donors (Lipinski definition) is 2. The largest absolute Gasteiger partial charge is 0.383 e. The summed E-state index contributed by atoms with van der Waals surface area (Å²) in [7, 11) is -5.83. The van der Waals surface area contributed by atoms with Crippen LogP contribution in [0.3, 0.4) is 0 Å². The van der Waals surface area contributed by atoms with Crippen LogP contribution in [0.25, 0.3) is 11.2 Å². The van der Waals surface area contributed by atoms with Gasteiger partial charge < -0.3 is 39.0 Å². The Balaban J connectivity index is 1.28. The lowest BCUT2D eigenvalue weighted by atomic mass is 10.1. The van der Waals surface area contributed by atoms with E-state index in [1.807, 2.05) is 6.92 Å². The Morgan fingerprint density at radius 2 is 1.67 bits per heavy atom. The van der Waals surface area contributed by atoms with Gasteiger partial charge >= 0.3 is 20.9 Å². The van der Waals surface area contributed by atoms with Crippen molar-refractivity contribution in [3.63, 3.8) is 0 Å². The van der Waals surface area contributed by atoms with Crippen LogP contribution in [-0.2, 0) is 36.7 Å². The van der Waals surface area contributed by atoms with Crippen molar-refractivity contribution in [1.29, 1.82) is 0 Å². The highest BCUT2D eigenvalue weighted by molar-refractivity contribution is 7.53. The fraction of sp³-hybridized carbons (Fsp3) is 0.609. The van der Waals surface area contributed by atoms with Crippen molar-refractivity contribution in [1.82, 2.24) is 29.1 Å². The van der Waals surface area contributed by atoms with Gasteiger partial charge in [-0.1, -0.05) is 6.92 Å². The van der Waals surface area contributed by atoms with Crippen molar-refractivity contribution >= 4 is 38.0 Å². The van der Waals surface area contributed by atoms with Gasteiger partial charge in [-0.15, -0.1) is 0 Å². The smallest absolute Gasteiger partial charge is 0.351 e. The van der Waals surface area contributed by atoms with Crippen LogP contribution in [0.4, 0.5) is 11.6 Å². The van der Waals surface area contributed by atoms with Gasteiger partial charge in [0.15, 0.2) is 11.5 Å². The molecule has 3 aromatic heterocycles. The first-order valence-corrected chi connectivity index (χ1v) is 17.2. The number of nitrogen functional groups attached to an aromatic ring is 2. The molecule has 8 atom stereocenters. The minimum atomic E-state index is -3.69. The molecule has 2 saturated heterocycles. The van der Waals surface area contributed by atoms with Gasteiger partial charge in [-0.05, 0) is 12.5 Å². The molecule has 0 aromatic carbocycles. The molecular weight excluding hydrogens is 594 g/mol. The normalized spacial score (nSPS) is 29.0. The van der Waals surface area contributed by atoms with Crippen molar-refractivity contribution in [3.05, 3.63) is 35.4 Å². The molecule has 0 bridgehead atoms. The number of ether oxygens (including phenoxy) is 2. The second-order valence-electron chi connectivity index (χ2n) is 10.1. The van der Waals surface area contributed by atoms with Crippen molar-refractivity contribution in [2.45, 2.75) is 63.1 Å². The summed E-state index contributed by atoms with van der Waals surface area (Å²) in [6.07, 6.45) is 1.39. The number of hydrogen-bond acceptors (Lipinski definition) is 15. The molecule has 42 heavy (non-hydrogen) atoms. The van der Waals surface area contributed by atoms with Crippen LogP contribution in [0.2, 0.25) is 0 Å². The van der Waals surface area contributed by atoms with Crippen LogP contribution in [0, 0.1) is 0 Å². The van der Waals surface area contributed by atoms with Crippen LogP contribution in [0.15, 0.2) is 29.7 Å². The molecule has 2 fully saturated rings. The van der Waals surface area contributed by atoms with Crippen molar-refractivity contribution in [3.8, 4) is 0 Å². The first-order valence-electron chi connectivity index (χ1n) is 13.2. The lowest BCUT2D eigenvalue weighted by Gasteiger charge is -2.25. The summed E-state index contributed by atoms with van der Waals surface area (Å²) in [5.74, 6) is 0.315. The molecule has 0 radical (unpaired) electrons. The number of imidazole rings is 1. The molecule has 0 saturated carbocycles. The van der Waals surface area contributed by atoms with Gasteiger partial charge in [-0.3, -0.25) is 18.3 Å². The molecule has 5 heterocycles. The number of fused-ring (bicyclic) bond motifs is 1. The summed E-state index contributed by atoms with van der Waals surface area (Å²) in [6.45, 7) is 4.36. The third-order valence-electron chi connectivity index (χ3n) is 7.08. The van der Waals surface area contributed by atoms with Gasteiger partial charge in [0, 0.05) is 39.5 Å². The van der Waals surface area contributed by atoms with Gasteiger partial charge in [-0.25, -0.2) is 19.7 Å². The standard InChI is InChI=1S/C23H34N8O9P2/c1-5-13-14(8-18(37-13)30-7-6-17(24)29-23(30)32)40-42(4,34)36-10-16-15(39-41(3,33)35-2)9-19(38-16)31-12-28-20-21(25)26-11-27-22(20)31/h6-7,11-16,18-19H,5,8-10H2,1-4H3,(H2,24,29,32)(H2,25,26,27)/t13-,14?,15?,16-,18-,19-,41?,42?/m1/s1. The zero-order valence-corrected chi connectivity index (χ0v) is 25.3. The third kappa shape index (κ3) is 6.58. The number of nitrogens with two attached hydrogens (primary N) is 2. The van der Waals surface area contributed by atoms with E-state index in [0.29, 0.717) is 17.6 Å². The lowest BCUT2D eigenvalue weighted by Crippen LogP contribution is -2.29. The fourth-order valence-corrected chi connectivity index (χ4v) is 6.97. The number of anilines is 2. The Labute approximate surface area is 240 Å². The van der Waals surface area contributed by atoms with Crippen molar-refractivity contribution < 1.29 is 36.7 Å². The van der Waals surface area contributed by atoms with Crippen LogP contribution < -0.4 is 17.2 Å². The van der Waals surface area contributed by atoms with E-state index in [0.717, 1.165) is 0 Å². The SMILES string of the molecule is CC[C@H]1O[C@@H](n2ccc(N)nc2=O)CC1OP(C)(=O)OC[C@H]1O[C@@H](n2cnc3c(N)ncnc32)CC1OP(C)(=O)OC. The maximum Gasteiger partial charge on any atom is 0.351 e. The highest BCUT2D eigenvalue weighted by atomic mass is 31.2. The van der Waals surface area contributed by atoms with Crippen molar-refractivity contribution in [2.24, 2.45) is 0 Å². The molecule has 17 nitrogen and oxygen atoms in total. The molecule has 4 N–H and O–H groups in total. The zero-order valence-electron chi connectivity index (χ0n) is 23.5. The van der Waals surface area contributed by atoms with Gasteiger partial charge in [0.1, 0.15) is 36.2 Å². The molecule has 2 aliphatic heterocycles. The summed E-state index contributed by atoms with van der Waals surface area (Å²) in [5, 5.41) is 0. The Morgan fingerprint density at radius 3 is 2.36 bits per heavy atom. The van der Waals surface area contributed by atoms with E-state index in [-0.39, 0.29) is 31.1 Å². The first-order chi connectivity index (χ1) is 19.9. The van der Waals surface area contributed by atoms with Crippen LogP contribution >= 0.6 is 15.2 Å². The second kappa shape index (κ2) is 12.1. The van der Waals surface area contributed by atoms with E-state index in [2.05, 4.69) is 19.9 Å². The summed E-state index contributed by atoms with van der Waals surface area (Å²) >= 11 is 0. The first kappa shape index (κ1) is 30.7. The Hall–Kier alpha value is -2.75. The Morgan fingerprint density at radius 1 is 1.00 bits per heavy atom.